The smallest absolute Gasteiger partial charge is 0.163 e. The van der Waals surface area contributed by atoms with Gasteiger partial charge in [0.1, 0.15) is 11.4 Å². The molecule has 0 saturated carbocycles. The SMILES string of the molecule is CSc1ncnc2ncccc12. The van der Waals surface area contributed by atoms with Gasteiger partial charge in [0.05, 0.1) is 5.39 Å². The van der Waals surface area contributed by atoms with E-state index in [-0.39, 0.29) is 0 Å². The number of hydrogen-bond acceptors (Lipinski definition) is 4. The van der Waals surface area contributed by atoms with E-state index < -0.39 is 0 Å². The molecule has 60 valence electrons. The van der Waals surface area contributed by atoms with Crippen LogP contribution in [-0.4, -0.2) is 21.2 Å². The minimum absolute atomic E-state index is 0.761. The highest BCUT2D eigenvalue weighted by Crippen LogP contribution is 2.19. The second kappa shape index (κ2) is 3.06. The Labute approximate surface area is 74.3 Å². The molecule has 0 aliphatic heterocycles. The number of fused-ring (bicyclic) bond motifs is 1. The zero-order chi connectivity index (χ0) is 8.39. The van der Waals surface area contributed by atoms with Crippen LogP contribution in [0.3, 0.4) is 0 Å². The number of rotatable bonds is 1. The van der Waals surface area contributed by atoms with E-state index in [2.05, 4.69) is 15.0 Å². The summed E-state index contributed by atoms with van der Waals surface area (Å²) in [6.07, 6.45) is 5.27. The second-order valence-electron chi connectivity index (χ2n) is 2.26. The van der Waals surface area contributed by atoms with Crippen LogP contribution in [0, 0.1) is 0 Å². The summed E-state index contributed by atoms with van der Waals surface area (Å²) in [6.45, 7) is 0. The highest BCUT2D eigenvalue weighted by atomic mass is 32.2. The van der Waals surface area contributed by atoms with Gasteiger partial charge in [-0.05, 0) is 18.4 Å². The van der Waals surface area contributed by atoms with Gasteiger partial charge in [-0.2, -0.15) is 0 Å². The third-order valence-corrected chi connectivity index (χ3v) is 2.28. The molecule has 0 spiro atoms. The molecule has 0 radical (unpaired) electrons. The van der Waals surface area contributed by atoms with E-state index in [1.54, 1.807) is 24.3 Å². The minimum atomic E-state index is 0.761. The van der Waals surface area contributed by atoms with Crippen molar-refractivity contribution in [3.8, 4) is 0 Å². The third-order valence-electron chi connectivity index (χ3n) is 1.57. The van der Waals surface area contributed by atoms with Gasteiger partial charge in [-0.1, -0.05) is 0 Å². The first-order chi connectivity index (χ1) is 5.92. The maximum atomic E-state index is 4.14. The molecule has 0 bridgehead atoms. The molecule has 2 aromatic rings. The molecule has 2 heterocycles. The summed E-state index contributed by atoms with van der Waals surface area (Å²) in [7, 11) is 0. The van der Waals surface area contributed by atoms with Crippen LogP contribution in [0.25, 0.3) is 11.0 Å². The first-order valence-corrected chi connectivity index (χ1v) is 4.74. The number of nitrogens with zero attached hydrogens (tertiary/aromatic N) is 3. The molecule has 0 aliphatic carbocycles. The third kappa shape index (κ3) is 1.14. The van der Waals surface area contributed by atoms with E-state index in [1.165, 1.54) is 0 Å². The topological polar surface area (TPSA) is 38.7 Å². The lowest BCUT2D eigenvalue weighted by molar-refractivity contribution is 1.08. The van der Waals surface area contributed by atoms with E-state index in [9.17, 15) is 0 Å². The van der Waals surface area contributed by atoms with Gasteiger partial charge in [-0.15, -0.1) is 11.8 Å². The molecule has 4 heteroatoms. The number of pyridine rings is 1. The monoisotopic (exact) mass is 177 g/mol. The van der Waals surface area contributed by atoms with Crippen molar-refractivity contribution in [3.63, 3.8) is 0 Å². The molecular formula is C8H7N3S. The van der Waals surface area contributed by atoms with E-state index in [1.807, 2.05) is 18.4 Å². The Morgan fingerprint density at radius 2 is 2.17 bits per heavy atom. The summed E-state index contributed by atoms with van der Waals surface area (Å²) in [4.78, 5) is 12.3. The number of hydrogen-bond donors (Lipinski definition) is 0. The molecule has 2 rings (SSSR count). The molecule has 0 aromatic carbocycles. The van der Waals surface area contributed by atoms with Gasteiger partial charge in [-0.25, -0.2) is 15.0 Å². The predicted molar refractivity (Wildman–Crippen MR) is 49.1 cm³/mol. The lowest BCUT2D eigenvalue weighted by Crippen LogP contribution is -1.87. The van der Waals surface area contributed by atoms with Crippen molar-refractivity contribution in [1.82, 2.24) is 15.0 Å². The van der Waals surface area contributed by atoms with Gasteiger partial charge < -0.3 is 0 Å². The highest BCUT2D eigenvalue weighted by Gasteiger charge is 2.00. The average molecular weight is 177 g/mol. The van der Waals surface area contributed by atoms with Gasteiger partial charge in [0.25, 0.3) is 0 Å². The zero-order valence-corrected chi connectivity index (χ0v) is 7.38. The van der Waals surface area contributed by atoms with E-state index in [0.29, 0.717) is 0 Å². The maximum absolute atomic E-state index is 4.14. The van der Waals surface area contributed by atoms with Gasteiger partial charge >= 0.3 is 0 Å². The fourth-order valence-electron chi connectivity index (χ4n) is 1.03. The predicted octanol–water partition coefficient (Wildman–Crippen LogP) is 1.75. The largest absolute Gasteiger partial charge is 0.237 e. The molecule has 0 saturated heterocycles. The van der Waals surface area contributed by atoms with E-state index >= 15 is 0 Å². The van der Waals surface area contributed by atoms with Crippen molar-refractivity contribution >= 4 is 22.8 Å². The van der Waals surface area contributed by atoms with Gasteiger partial charge in [0.15, 0.2) is 5.65 Å². The maximum Gasteiger partial charge on any atom is 0.163 e. The van der Waals surface area contributed by atoms with E-state index in [0.717, 1.165) is 16.1 Å². The van der Waals surface area contributed by atoms with Crippen LogP contribution in [0.4, 0.5) is 0 Å². The highest BCUT2D eigenvalue weighted by molar-refractivity contribution is 7.98. The summed E-state index contributed by atoms with van der Waals surface area (Å²) in [5.41, 5.74) is 0.761. The van der Waals surface area contributed by atoms with Crippen LogP contribution in [0.2, 0.25) is 0 Å². The lowest BCUT2D eigenvalue weighted by atomic mass is 10.3. The fourth-order valence-corrected chi connectivity index (χ4v) is 1.57. The first kappa shape index (κ1) is 7.49. The quantitative estimate of drug-likeness (QED) is 0.491. The fraction of sp³-hybridized carbons (Fsp3) is 0.125. The Morgan fingerprint density at radius 3 is 3.00 bits per heavy atom. The van der Waals surface area contributed by atoms with Crippen LogP contribution in [-0.2, 0) is 0 Å². The standard InChI is InChI=1S/C8H7N3S/c1-12-8-6-3-2-4-9-7(6)10-5-11-8/h2-5H,1H3. The molecule has 0 fully saturated rings. The van der Waals surface area contributed by atoms with Crippen molar-refractivity contribution in [3.05, 3.63) is 24.7 Å². The molecule has 3 nitrogen and oxygen atoms in total. The molecule has 12 heavy (non-hydrogen) atoms. The molecule has 0 aliphatic rings. The summed E-state index contributed by atoms with van der Waals surface area (Å²) < 4.78 is 0. The average Bonchev–Trinajstić information content (AvgIpc) is 2.17. The Kier molecular flexibility index (Phi) is 1.91. The van der Waals surface area contributed by atoms with E-state index in [4.69, 9.17) is 0 Å². The summed E-state index contributed by atoms with van der Waals surface area (Å²) in [5.74, 6) is 0. The Morgan fingerprint density at radius 1 is 1.25 bits per heavy atom. The van der Waals surface area contributed by atoms with Crippen LogP contribution in [0.15, 0.2) is 29.7 Å². The summed E-state index contributed by atoms with van der Waals surface area (Å²) >= 11 is 1.61. The Balaban J connectivity index is 2.79. The van der Waals surface area contributed by atoms with Gasteiger partial charge in [-0.3, -0.25) is 0 Å². The molecule has 0 amide bonds. The Bertz CT molecular complexity index is 397. The van der Waals surface area contributed by atoms with Crippen molar-refractivity contribution in [2.75, 3.05) is 6.26 Å². The van der Waals surface area contributed by atoms with Crippen molar-refractivity contribution in [1.29, 1.82) is 0 Å². The lowest BCUT2D eigenvalue weighted by Gasteiger charge is -1.98. The van der Waals surface area contributed by atoms with Gasteiger partial charge in [0, 0.05) is 6.20 Å². The van der Waals surface area contributed by atoms with Crippen LogP contribution in [0.5, 0.6) is 0 Å². The van der Waals surface area contributed by atoms with Crippen molar-refractivity contribution in [2.45, 2.75) is 5.03 Å². The molecule has 0 atom stereocenters. The normalized spacial score (nSPS) is 10.4. The number of thioether (sulfide) groups is 1. The summed E-state index contributed by atoms with van der Waals surface area (Å²) in [5, 5.41) is 2.00. The number of aromatic nitrogens is 3. The van der Waals surface area contributed by atoms with Crippen molar-refractivity contribution in [2.24, 2.45) is 0 Å². The van der Waals surface area contributed by atoms with Crippen molar-refractivity contribution < 1.29 is 0 Å². The molecule has 0 unspecified atom stereocenters. The molecule has 0 N–H and O–H groups in total. The minimum Gasteiger partial charge on any atom is -0.237 e. The first-order valence-electron chi connectivity index (χ1n) is 3.51. The van der Waals surface area contributed by atoms with Gasteiger partial charge in [0.2, 0.25) is 0 Å². The van der Waals surface area contributed by atoms with Crippen LogP contribution in [0.1, 0.15) is 0 Å². The van der Waals surface area contributed by atoms with Crippen LogP contribution >= 0.6 is 11.8 Å². The zero-order valence-electron chi connectivity index (χ0n) is 6.56. The molecule has 2 aromatic heterocycles. The molecular weight excluding hydrogens is 170 g/mol. The second-order valence-corrected chi connectivity index (χ2v) is 3.05. The summed E-state index contributed by atoms with van der Waals surface area (Å²) in [6, 6.07) is 3.87. The van der Waals surface area contributed by atoms with Crippen LogP contribution < -0.4 is 0 Å². The Hall–Kier alpha value is -1.16.